The largest absolute Gasteiger partial charge is 0.376 e. The lowest BCUT2D eigenvalue weighted by atomic mass is 9.86. The molecule has 6 rings (SSSR count). The second-order valence-corrected chi connectivity index (χ2v) is 10.0. The number of ketones is 1. The van der Waals surface area contributed by atoms with Gasteiger partial charge in [0, 0.05) is 22.3 Å². The molecule has 0 aromatic heterocycles. The molecular weight excluding hydrogens is 484 g/mol. The van der Waals surface area contributed by atoms with Crippen molar-refractivity contribution in [3.05, 3.63) is 70.2 Å². The van der Waals surface area contributed by atoms with Crippen LogP contribution in [0, 0.1) is 11.8 Å². The highest BCUT2D eigenvalue weighted by molar-refractivity contribution is 9.10. The molecule has 0 saturated carbocycles. The van der Waals surface area contributed by atoms with Crippen molar-refractivity contribution in [2.24, 2.45) is 11.8 Å². The number of rotatable bonds is 4. The summed E-state index contributed by atoms with van der Waals surface area (Å²) in [5, 5.41) is 0. The lowest BCUT2D eigenvalue weighted by molar-refractivity contribution is -0.142. The number of hydrogen-bond donors (Lipinski definition) is 0. The first-order valence-electron chi connectivity index (χ1n) is 11.4. The Labute approximate surface area is 200 Å². The molecule has 2 aromatic carbocycles. The summed E-state index contributed by atoms with van der Waals surface area (Å²) in [6.45, 7) is 0.936. The summed E-state index contributed by atoms with van der Waals surface area (Å²) in [6, 6.07) is 13.9. The van der Waals surface area contributed by atoms with Crippen LogP contribution in [0.4, 0.5) is 5.69 Å². The summed E-state index contributed by atoms with van der Waals surface area (Å²) in [5.74, 6) is -1.86. The van der Waals surface area contributed by atoms with Gasteiger partial charge in [0.2, 0.25) is 11.8 Å². The number of amides is 2. The number of nitrogens with zero attached hydrogens (tertiary/aromatic N) is 2. The van der Waals surface area contributed by atoms with E-state index in [9.17, 15) is 14.4 Å². The molecular formula is C26H23BrN2O4. The molecule has 4 aliphatic rings. The predicted molar refractivity (Wildman–Crippen MR) is 127 cm³/mol. The molecule has 168 valence electrons. The monoisotopic (exact) mass is 506 g/mol. The van der Waals surface area contributed by atoms with Crippen molar-refractivity contribution in [3.8, 4) is 0 Å². The fraction of sp³-hybridized carbons (Fsp3) is 0.346. The normalized spacial score (nSPS) is 29.9. The van der Waals surface area contributed by atoms with E-state index in [0.717, 1.165) is 28.6 Å². The maximum Gasteiger partial charge on any atom is 0.235 e. The van der Waals surface area contributed by atoms with Crippen molar-refractivity contribution in [2.45, 2.75) is 31.0 Å². The molecule has 33 heavy (non-hydrogen) atoms. The number of fused-ring (bicyclic) bond motifs is 5. The van der Waals surface area contributed by atoms with Gasteiger partial charge in [-0.3, -0.25) is 19.3 Å². The van der Waals surface area contributed by atoms with Gasteiger partial charge in [-0.15, -0.1) is 0 Å². The number of carbonyl (C=O) groups excluding carboxylic acids is 3. The van der Waals surface area contributed by atoms with Crippen molar-refractivity contribution >= 4 is 45.3 Å². The van der Waals surface area contributed by atoms with Gasteiger partial charge in [0.1, 0.15) is 6.04 Å². The molecule has 2 amide bonds. The fourth-order valence-electron chi connectivity index (χ4n) is 5.85. The number of imide groups is 1. The summed E-state index contributed by atoms with van der Waals surface area (Å²) in [5.41, 5.74) is 2.39. The van der Waals surface area contributed by atoms with Crippen LogP contribution in [0.5, 0.6) is 0 Å². The van der Waals surface area contributed by atoms with E-state index in [-0.39, 0.29) is 36.3 Å². The molecule has 0 spiro atoms. The standard InChI is InChI=1S/C26H23BrN2O4/c27-17-9-11-19-16(13-17)8-10-20-21-22(23(29(19)20)24(30)15-5-2-1-3-6-15)26(32)28(25(21)31)14-18-7-4-12-33-18/h1-3,5-6,8-11,13,18,20-23H,4,7,12,14H2/t18-,20+,21+,22+,23+/m0/s1. The average Bonchev–Trinajstić information content (AvgIpc) is 3.52. The van der Waals surface area contributed by atoms with Gasteiger partial charge in [0.15, 0.2) is 5.78 Å². The van der Waals surface area contributed by atoms with E-state index in [0.29, 0.717) is 12.2 Å². The first kappa shape index (κ1) is 20.8. The molecule has 0 unspecified atom stereocenters. The van der Waals surface area contributed by atoms with E-state index in [1.807, 2.05) is 53.5 Å². The van der Waals surface area contributed by atoms with E-state index >= 15 is 0 Å². The van der Waals surface area contributed by atoms with Crippen molar-refractivity contribution in [1.29, 1.82) is 0 Å². The van der Waals surface area contributed by atoms with E-state index in [2.05, 4.69) is 15.9 Å². The smallest absolute Gasteiger partial charge is 0.235 e. The number of halogens is 1. The zero-order valence-electron chi connectivity index (χ0n) is 17.9. The van der Waals surface area contributed by atoms with Crippen LogP contribution in [0.1, 0.15) is 28.8 Å². The van der Waals surface area contributed by atoms with Gasteiger partial charge >= 0.3 is 0 Å². The van der Waals surface area contributed by atoms with Gasteiger partial charge in [-0.25, -0.2) is 0 Å². The molecule has 4 aliphatic heterocycles. The van der Waals surface area contributed by atoms with Gasteiger partial charge in [0.25, 0.3) is 0 Å². The predicted octanol–water partition coefficient (Wildman–Crippen LogP) is 3.70. The SMILES string of the molecule is O=C(c1ccccc1)[C@H]1[C@@H]2C(=O)N(C[C@@H]3CCCO3)C(=O)[C@@H]2[C@H]2C=Cc3cc(Br)ccc3N21. The summed E-state index contributed by atoms with van der Waals surface area (Å²) < 4.78 is 6.63. The van der Waals surface area contributed by atoms with Crippen molar-refractivity contribution in [2.75, 3.05) is 18.1 Å². The third kappa shape index (κ3) is 3.21. The van der Waals surface area contributed by atoms with Crippen LogP contribution in [0.2, 0.25) is 0 Å². The van der Waals surface area contributed by atoms with Crippen molar-refractivity contribution < 1.29 is 19.1 Å². The Morgan fingerprint density at radius 2 is 1.85 bits per heavy atom. The van der Waals surface area contributed by atoms with Crippen LogP contribution in [0.3, 0.4) is 0 Å². The number of carbonyl (C=O) groups is 3. The van der Waals surface area contributed by atoms with Crippen LogP contribution >= 0.6 is 15.9 Å². The second kappa shape index (κ2) is 7.92. The molecule has 4 heterocycles. The highest BCUT2D eigenvalue weighted by atomic mass is 79.9. The van der Waals surface area contributed by atoms with E-state index < -0.39 is 17.9 Å². The van der Waals surface area contributed by atoms with E-state index in [1.54, 1.807) is 12.1 Å². The van der Waals surface area contributed by atoms with Crippen molar-refractivity contribution in [3.63, 3.8) is 0 Å². The van der Waals surface area contributed by atoms with Crippen LogP contribution < -0.4 is 4.90 Å². The molecule has 0 bridgehead atoms. The number of anilines is 1. The Morgan fingerprint density at radius 3 is 2.61 bits per heavy atom. The van der Waals surface area contributed by atoms with Crippen LogP contribution in [0.25, 0.3) is 6.08 Å². The first-order valence-corrected chi connectivity index (χ1v) is 12.2. The number of Topliss-reactive ketones (excluding diaryl/α,β-unsaturated/α-hetero) is 1. The van der Waals surface area contributed by atoms with Gasteiger partial charge in [-0.2, -0.15) is 0 Å². The Bertz CT molecular complexity index is 1170. The molecule has 2 aromatic rings. The van der Waals surface area contributed by atoms with Gasteiger partial charge in [-0.1, -0.05) is 58.4 Å². The molecule has 5 atom stereocenters. The second-order valence-electron chi connectivity index (χ2n) is 9.11. The maximum atomic E-state index is 13.8. The number of likely N-dealkylation sites (tertiary alicyclic amines) is 1. The highest BCUT2D eigenvalue weighted by Gasteiger charge is 2.64. The lowest BCUT2D eigenvalue weighted by Gasteiger charge is -2.36. The van der Waals surface area contributed by atoms with Crippen LogP contribution in [-0.4, -0.2) is 53.8 Å². The minimum absolute atomic E-state index is 0.115. The summed E-state index contributed by atoms with van der Waals surface area (Å²) in [7, 11) is 0. The quantitative estimate of drug-likeness (QED) is 0.467. The summed E-state index contributed by atoms with van der Waals surface area (Å²) in [6.07, 6.45) is 5.64. The van der Waals surface area contributed by atoms with Crippen LogP contribution in [0.15, 0.2) is 59.1 Å². The Kier molecular flexibility index (Phi) is 4.99. The zero-order valence-corrected chi connectivity index (χ0v) is 19.5. The lowest BCUT2D eigenvalue weighted by Crippen LogP contribution is -2.49. The summed E-state index contributed by atoms with van der Waals surface area (Å²) in [4.78, 5) is 44.5. The number of hydrogen-bond acceptors (Lipinski definition) is 5. The highest BCUT2D eigenvalue weighted by Crippen LogP contribution is 2.49. The Hall–Kier alpha value is -2.77. The molecule has 0 N–H and O–H groups in total. The van der Waals surface area contributed by atoms with Crippen LogP contribution in [-0.2, 0) is 14.3 Å². The third-order valence-electron chi connectivity index (χ3n) is 7.30. The van der Waals surface area contributed by atoms with E-state index in [1.165, 1.54) is 4.90 Å². The molecule has 3 fully saturated rings. The van der Waals surface area contributed by atoms with Crippen molar-refractivity contribution in [1.82, 2.24) is 4.90 Å². The molecule has 0 aliphatic carbocycles. The topological polar surface area (TPSA) is 66.9 Å². The zero-order chi connectivity index (χ0) is 22.7. The minimum Gasteiger partial charge on any atom is -0.376 e. The Morgan fingerprint density at radius 1 is 1.06 bits per heavy atom. The van der Waals surface area contributed by atoms with E-state index in [4.69, 9.17) is 4.74 Å². The molecule has 0 radical (unpaired) electrons. The minimum atomic E-state index is -0.738. The van der Waals surface area contributed by atoms with Gasteiger partial charge in [-0.05, 0) is 36.6 Å². The molecule has 7 heteroatoms. The van der Waals surface area contributed by atoms with Gasteiger partial charge in [0.05, 0.1) is 30.5 Å². The number of benzene rings is 2. The van der Waals surface area contributed by atoms with Gasteiger partial charge < -0.3 is 9.64 Å². The first-order chi connectivity index (χ1) is 16.0. The average molecular weight is 507 g/mol. The summed E-state index contributed by atoms with van der Waals surface area (Å²) >= 11 is 3.51. The fourth-order valence-corrected chi connectivity index (χ4v) is 6.23. The molecule has 3 saturated heterocycles. The Balaban J connectivity index is 1.44. The number of ether oxygens (including phenoxy) is 1. The third-order valence-corrected chi connectivity index (χ3v) is 7.79. The maximum absolute atomic E-state index is 13.8. The molecule has 6 nitrogen and oxygen atoms in total.